The normalized spacial score (nSPS) is 17.6. The number of hydrogen-bond acceptors (Lipinski definition) is 2. The molecule has 0 radical (unpaired) electrons. The Balaban J connectivity index is 1.51. The zero-order valence-corrected chi connectivity index (χ0v) is 23.8. The van der Waals surface area contributed by atoms with Crippen LogP contribution in [-0.2, 0) is 16.2 Å². The van der Waals surface area contributed by atoms with Crippen molar-refractivity contribution >= 4 is 11.6 Å². The number of hydrogen-bond donors (Lipinski definition) is 0. The second-order valence-electron chi connectivity index (χ2n) is 13.0. The summed E-state index contributed by atoms with van der Waals surface area (Å²) < 4.78 is 0. The van der Waals surface area contributed by atoms with E-state index in [2.05, 4.69) is 88.4 Å². The first-order chi connectivity index (χ1) is 18.4. The van der Waals surface area contributed by atoms with Gasteiger partial charge in [0.1, 0.15) is 0 Å². The minimum atomic E-state index is -0.0671. The van der Waals surface area contributed by atoms with Crippen molar-refractivity contribution in [3.05, 3.63) is 118 Å². The summed E-state index contributed by atoms with van der Waals surface area (Å²) in [6.07, 6.45) is 2.15. The molecule has 0 saturated carbocycles. The highest BCUT2D eigenvalue weighted by Gasteiger charge is 2.56. The van der Waals surface area contributed by atoms with E-state index in [0.717, 1.165) is 35.1 Å². The fraction of sp³-hybridized carbons (Fsp3) is 0.297. The molecule has 0 amide bonds. The van der Waals surface area contributed by atoms with Gasteiger partial charge >= 0.3 is 0 Å². The van der Waals surface area contributed by atoms with E-state index in [0.29, 0.717) is 0 Å². The van der Waals surface area contributed by atoms with Crippen LogP contribution >= 0.6 is 0 Å². The Morgan fingerprint density at radius 3 is 1.15 bits per heavy atom. The second kappa shape index (κ2) is 8.61. The Hall–Kier alpha value is -3.78. The highest BCUT2D eigenvalue weighted by Crippen LogP contribution is 2.63. The molecule has 6 rings (SSSR count). The van der Waals surface area contributed by atoms with Crippen LogP contribution in [0.25, 0.3) is 22.3 Å². The van der Waals surface area contributed by atoms with Crippen molar-refractivity contribution in [1.29, 1.82) is 0 Å². The molecule has 0 aliphatic heterocycles. The van der Waals surface area contributed by atoms with E-state index in [9.17, 15) is 9.59 Å². The predicted molar refractivity (Wildman–Crippen MR) is 160 cm³/mol. The Labute approximate surface area is 232 Å². The van der Waals surface area contributed by atoms with E-state index in [1.807, 2.05) is 24.3 Å². The van der Waals surface area contributed by atoms with Crippen molar-refractivity contribution < 1.29 is 9.59 Å². The van der Waals surface area contributed by atoms with Crippen LogP contribution in [0.4, 0.5) is 0 Å². The van der Waals surface area contributed by atoms with Gasteiger partial charge in [-0.05, 0) is 94.2 Å². The fourth-order valence-corrected chi connectivity index (χ4v) is 7.50. The number of carbonyl (C=O) groups is 2. The molecule has 0 aromatic heterocycles. The molecule has 2 heteroatoms. The molecule has 0 N–H and O–H groups in total. The second-order valence-corrected chi connectivity index (χ2v) is 13.0. The summed E-state index contributed by atoms with van der Waals surface area (Å²) in [6.45, 7) is 12.8. The first-order valence-electron chi connectivity index (χ1n) is 13.9. The average Bonchev–Trinajstić information content (AvgIpc) is 3.28. The van der Waals surface area contributed by atoms with Gasteiger partial charge in [-0.2, -0.15) is 0 Å². The van der Waals surface area contributed by atoms with Gasteiger partial charge in [-0.25, -0.2) is 0 Å². The minimum Gasteiger partial charge on any atom is -0.295 e. The first-order valence-corrected chi connectivity index (χ1v) is 13.9. The third-order valence-electron chi connectivity index (χ3n) is 9.27. The molecule has 0 fully saturated rings. The van der Waals surface area contributed by atoms with Gasteiger partial charge in [-0.15, -0.1) is 0 Å². The number of rotatable bonds is 4. The lowest BCUT2D eigenvalue weighted by Gasteiger charge is -2.31. The summed E-state index contributed by atoms with van der Waals surface area (Å²) in [4.78, 5) is 23.7. The topological polar surface area (TPSA) is 34.1 Å². The molecule has 2 aliphatic rings. The minimum absolute atomic E-state index is 0.0587. The molecule has 0 unspecified atom stereocenters. The predicted octanol–water partition coefficient (Wildman–Crippen LogP) is 9.07. The Kier molecular flexibility index (Phi) is 5.63. The van der Waals surface area contributed by atoms with Gasteiger partial charge in [0.25, 0.3) is 0 Å². The van der Waals surface area contributed by atoms with E-state index >= 15 is 0 Å². The summed E-state index contributed by atoms with van der Waals surface area (Å²) >= 11 is 0. The highest BCUT2D eigenvalue weighted by molar-refractivity contribution is 5.95. The van der Waals surface area contributed by atoms with Crippen LogP contribution in [0.5, 0.6) is 0 Å². The number of ketones is 2. The summed E-state index contributed by atoms with van der Waals surface area (Å²) in [7, 11) is 0. The van der Waals surface area contributed by atoms with Crippen LogP contribution in [-0.4, -0.2) is 11.6 Å². The third kappa shape index (κ3) is 4.00. The van der Waals surface area contributed by atoms with Crippen molar-refractivity contribution in [3.8, 4) is 22.3 Å². The maximum atomic E-state index is 11.8. The largest absolute Gasteiger partial charge is 0.295 e. The maximum Gasteiger partial charge on any atom is 0.159 e. The van der Waals surface area contributed by atoms with E-state index in [1.165, 1.54) is 33.4 Å². The van der Waals surface area contributed by atoms with Gasteiger partial charge in [0.2, 0.25) is 0 Å². The lowest BCUT2D eigenvalue weighted by Crippen LogP contribution is -2.27. The third-order valence-corrected chi connectivity index (χ3v) is 9.27. The van der Waals surface area contributed by atoms with E-state index in [1.54, 1.807) is 13.8 Å². The maximum absolute atomic E-state index is 11.8. The van der Waals surface area contributed by atoms with Crippen molar-refractivity contribution in [1.82, 2.24) is 0 Å². The van der Waals surface area contributed by atoms with Crippen LogP contribution in [0.3, 0.4) is 0 Å². The Morgan fingerprint density at radius 2 is 0.821 bits per heavy atom. The van der Waals surface area contributed by atoms with Gasteiger partial charge in [0.15, 0.2) is 11.6 Å². The molecule has 4 aromatic rings. The van der Waals surface area contributed by atoms with E-state index in [4.69, 9.17) is 0 Å². The lowest BCUT2D eigenvalue weighted by molar-refractivity contribution is 0.100. The van der Waals surface area contributed by atoms with Gasteiger partial charge in [0.05, 0.1) is 0 Å². The van der Waals surface area contributed by atoms with Crippen LogP contribution in [0, 0.1) is 0 Å². The molecule has 0 atom stereocenters. The molecule has 4 aromatic carbocycles. The summed E-state index contributed by atoms with van der Waals surface area (Å²) in [5.41, 5.74) is 12.0. The van der Waals surface area contributed by atoms with Crippen molar-refractivity contribution in [2.24, 2.45) is 0 Å². The summed E-state index contributed by atoms with van der Waals surface area (Å²) in [5.74, 6) is 0.181. The molecule has 2 aliphatic carbocycles. The van der Waals surface area contributed by atoms with E-state index in [-0.39, 0.29) is 27.8 Å². The summed E-state index contributed by atoms with van der Waals surface area (Å²) in [5, 5.41) is 0. The van der Waals surface area contributed by atoms with Crippen LogP contribution in [0.15, 0.2) is 84.9 Å². The molecule has 196 valence electrons. The molecule has 0 bridgehead atoms. The van der Waals surface area contributed by atoms with Gasteiger partial charge in [0, 0.05) is 16.5 Å². The SMILES string of the molecule is CC(=O)c1ccc(-c2ccc3c(c2)C2(CC3(C)C)CC(C)(C)c3ccc(-c4ccc(C(C)=O)cc4)cc32)cc1. The molecule has 39 heavy (non-hydrogen) atoms. The average molecular weight is 513 g/mol. The smallest absolute Gasteiger partial charge is 0.159 e. The monoisotopic (exact) mass is 512 g/mol. The highest BCUT2D eigenvalue weighted by atomic mass is 16.1. The standard InChI is InChI=1S/C37H36O2/c1-23(38)25-7-11-27(12-8-25)29-15-17-31-33(19-29)37(21-35(31,3)4)22-36(5,6)32-18-16-30(20-34(32)37)28-13-9-26(10-14-28)24(2)39/h7-20H,21-22H2,1-6H3. The Morgan fingerprint density at radius 1 is 0.487 bits per heavy atom. The Bertz CT molecular complexity index is 1510. The van der Waals surface area contributed by atoms with Crippen LogP contribution < -0.4 is 0 Å². The molecule has 0 heterocycles. The zero-order valence-electron chi connectivity index (χ0n) is 23.8. The van der Waals surface area contributed by atoms with Gasteiger partial charge in [-0.3, -0.25) is 9.59 Å². The number of benzene rings is 4. The van der Waals surface area contributed by atoms with Crippen LogP contribution in [0.1, 0.15) is 97.4 Å². The molecule has 2 nitrogen and oxygen atoms in total. The quantitative estimate of drug-likeness (QED) is 0.256. The summed E-state index contributed by atoms with van der Waals surface area (Å²) in [6, 6.07) is 30.0. The molecule has 1 spiro atoms. The fourth-order valence-electron chi connectivity index (χ4n) is 7.50. The zero-order chi connectivity index (χ0) is 27.7. The van der Waals surface area contributed by atoms with Crippen molar-refractivity contribution in [3.63, 3.8) is 0 Å². The van der Waals surface area contributed by atoms with Gasteiger partial charge in [-0.1, -0.05) is 100 Å². The van der Waals surface area contributed by atoms with Gasteiger partial charge < -0.3 is 0 Å². The molecular formula is C37H36O2. The molecule has 0 saturated heterocycles. The van der Waals surface area contributed by atoms with Crippen molar-refractivity contribution in [2.45, 2.75) is 70.6 Å². The first kappa shape index (κ1) is 25.5. The van der Waals surface area contributed by atoms with Crippen molar-refractivity contribution in [2.75, 3.05) is 0 Å². The number of Topliss-reactive ketones (excluding diaryl/α,β-unsaturated/α-hetero) is 2. The molecular weight excluding hydrogens is 476 g/mol. The number of fused-ring (bicyclic) bond motifs is 4. The van der Waals surface area contributed by atoms with Crippen LogP contribution in [0.2, 0.25) is 0 Å². The lowest BCUT2D eigenvalue weighted by atomic mass is 9.72. The van der Waals surface area contributed by atoms with E-state index < -0.39 is 0 Å². The number of carbonyl (C=O) groups excluding carboxylic acids is 2.